The molecular weight excluding hydrogens is 670 g/mol. The summed E-state index contributed by atoms with van der Waals surface area (Å²) in [4.78, 5) is 37.1. The fourth-order valence-corrected chi connectivity index (χ4v) is 4.42. The highest BCUT2D eigenvalue weighted by molar-refractivity contribution is 6.11. The molecule has 2 aromatic carbocycles. The van der Waals surface area contributed by atoms with Crippen LogP contribution in [-0.2, 0) is 4.79 Å². The van der Waals surface area contributed by atoms with Crippen LogP contribution < -0.4 is 50.2 Å². The number of carbonyl (C=O) groups excluding carboxylic acids is 1. The molecule has 18 N–H and O–H groups in total. The van der Waals surface area contributed by atoms with Crippen molar-refractivity contribution in [3.63, 3.8) is 0 Å². The smallest absolute Gasteiger partial charge is 0.300 e. The molecule has 2 aliphatic rings. The Morgan fingerprint density at radius 3 is 2.12 bits per heavy atom. The van der Waals surface area contributed by atoms with Crippen molar-refractivity contribution in [2.45, 2.75) is 13.0 Å². The molecule has 1 aliphatic carbocycles. The van der Waals surface area contributed by atoms with Gasteiger partial charge in [0.2, 0.25) is 11.9 Å². The molecule has 52 heavy (non-hydrogen) atoms. The summed E-state index contributed by atoms with van der Waals surface area (Å²) >= 11 is 0. The van der Waals surface area contributed by atoms with Crippen LogP contribution in [-0.4, -0.2) is 65.7 Å². The molecule has 0 spiro atoms. The summed E-state index contributed by atoms with van der Waals surface area (Å²) in [7, 11) is 1.78. The van der Waals surface area contributed by atoms with E-state index in [1.807, 2.05) is 66.9 Å². The van der Waals surface area contributed by atoms with Crippen molar-refractivity contribution in [2.75, 3.05) is 34.5 Å². The molecule has 0 saturated heterocycles. The number of benzene rings is 2. The van der Waals surface area contributed by atoms with Gasteiger partial charge in [0.25, 0.3) is 11.9 Å². The molecular formula is C33H43N15O4. The molecule has 0 bridgehead atoms. The van der Waals surface area contributed by atoms with Gasteiger partial charge in [-0.05, 0) is 60.8 Å². The number of anilines is 6. The molecule has 4 heterocycles. The van der Waals surface area contributed by atoms with E-state index in [0.29, 0.717) is 40.5 Å². The summed E-state index contributed by atoms with van der Waals surface area (Å²) in [5, 5.41) is 27.1. The maximum absolute atomic E-state index is 12.6. The number of carboxylic acids is 1. The molecule has 19 heteroatoms. The second-order valence-corrected chi connectivity index (χ2v) is 10.3. The van der Waals surface area contributed by atoms with Gasteiger partial charge in [0.05, 0.1) is 11.6 Å². The molecule has 2 atom stereocenters. The lowest BCUT2D eigenvalue weighted by atomic mass is 9.97. The lowest BCUT2D eigenvalue weighted by Gasteiger charge is -2.16. The number of amides is 1. The number of aliphatic carboxylic acids is 1. The Kier molecular flexibility index (Phi) is 16.7. The SMILES string of the molecule is CC(=O)O.CNc1ccnc(N)n1.NC1=CC2NC=CC2C=C1.NN.Nc1nccc(Nc2ccc3[nH]nc(C(=O)Nc4ccccc4)c3c2)n1.O. The van der Waals surface area contributed by atoms with Gasteiger partial charge in [0.15, 0.2) is 5.69 Å². The zero-order chi connectivity index (χ0) is 37.2. The maximum Gasteiger partial charge on any atom is 0.300 e. The van der Waals surface area contributed by atoms with E-state index in [2.05, 4.69) is 75.2 Å². The first-order valence-corrected chi connectivity index (χ1v) is 15.2. The van der Waals surface area contributed by atoms with E-state index >= 15 is 0 Å². The minimum Gasteiger partial charge on any atom is -0.481 e. The second-order valence-electron chi connectivity index (χ2n) is 10.3. The van der Waals surface area contributed by atoms with Crippen LogP contribution in [0.15, 0.2) is 109 Å². The van der Waals surface area contributed by atoms with E-state index in [0.717, 1.165) is 29.6 Å². The zero-order valence-electron chi connectivity index (χ0n) is 28.4. The van der Waals surface area contributed by atoms with Crippen LogP contribution >= 0.6 is 0 Å². The van der Waals surface area contributed by atoms with Gasteiger partial charge in [-0.2, -0.15) is 15.1 Å². The molecule has 2 unspecified atom stereocenters. The fraction of sp³-hybridized carbons (Fsp3) is 0.121. The number of fused-ring (bicyclic) bond motifs is 2. The predicted octanol–water partition coefficient (Wildman–Crippen LogP) is 1.62. The van der Waals surface area contributed by atoms with Crippen LogP contribution in [0.25, 0.3) is 10.9 Å². The number of H-pyrrole nitrogens is 1. The van der Waals surface area contributed by atoms with Crippen molar-refractivity contribution in [2.24, 2.45) is 23.3 Å². The minimum atomic E-state index is -0.833. The van der Waals surface area contributed by atoms with Crippen LogP contribution in [0.5, 0.6) is 0 Å². The molecule has 1 amide bonds. The van der Waals surface area contributed by atoms with Gasteiger partial charge in [-0.15, -0.1) is 0 Å². The second kappa shape index (κ2) is 21.1. The van der Waals surface area contributed by atoms with Crippen LogP contribution in [0.2, 0.25) is 0 Å². The highest BCUT2D eigenvalue weighted by Gasteiger charge is 2.20. The number of hydrogen-bond acceptors (Lipinski definition) is 15. The summed E-state index contributed by atoms with van der Waals surface area (Å²) in [6, 6.07) is 18.6. The van der Waals surface area contributed by atoms with Gasteiger partial charge in [-0.3, -0.25) is 26.4 Å². The number of aromatic nitrogens is 6. The number of nitrogens with two attached hydrogens (primary N) is 5. The molecule has 0 saturated carbocycles. The summed E-state index contributed by atoms with van der Waals surface area (Å²) in [6.45, 7) is 1.08. The number of nitrogens with one attached hydrogen (secondary N) is 5. The number of allylic oxidation sites excluding steroid dienone is 1. The Hall–Kier alpha value is -7.09. The van der Waals surface area contributed by atoms with Crippen molar-refractivity contribution in [3.05, 3.63) is 115 Å². The Morgan fingerprint density at radius 1 is 0.865 bits per heavy atom. The van der Waals surface area contributed by atoms with E-state index in [1.54, 1.807) is 31.6 Å². The van der Waals surface area contributed by atoms with Gasteiger partial charge in [0, 0.05) is 54.7 Å². The number of hydrazine groups is 1. The van der Waals surface area contributed by atoms with Crippen molar-refractivity contribution in [1.29, 1.82) is 0 Å². The largest absolute Gasteiger partial charge is 0.481 e. The van der Waals surface area contributed by atoms with Crippen LogP contribution in [0, 0.1) is 5.92 Å². The zero-order valence-corrected chi connectivity index (χ0v) is 28.4. The van der Waals surface area contributed by atoms with Gasteiger partial charge in [-0.25, -0.2) is 9.97 Å². The summed E-state index contributed by atoms with van der Waals surface area (Å²) in [5.41, 5.74) is 19.9. The highest BCUT2D eigenvalue weighted by Crippen LogP contribution is 2.24. The van der Waals surface area contributed by atoms with E-state index in [-0.39, 0.29) is 17.3 Å². The molecule has 1 aliphatic heterocycles. The Balaban J connectivity index is 0.000000295. The van der Waals surface area contributed by atoms with Crippen molar-refractivity contribution < 1.29 is 20.2 Å². The van der Waals surface area contributed by atoms with Crippen LogP contribution in [0.3, 0.4) is 0 Å². The topological polar surface area (TPSA) is 344 Å². The number of carboxylic acid groups (broad SMARTS) is 1. The monoisotopic (exact) mass is 713 g/mol. The summed E-state index contributed by atoms with van der Waals surface area (Å²) < 4.78 is 0. The Morgan fingerprint density at radius 2 is 1.50 bits per heavy atom. The van der Waals surface area contributed by atoms with E-state index in [4.69, 9.17) is 27.1 Å². The summed E-state index contributed by atoms with van der Waals surface area (Å²) in [6.07, 6.45) is 13.4. The third-order valence-electron chi connectivity index (χ3n) is 6.59. The third-order valence-corrected chi connectivity index (χ3v) is 6.59. The first kappa shape index (κ1) is 41.1. The first-order chi connectivity index (χ1) is 24.6. The van der Waals surface area contributed by atoms with Gasteiger partial charge >= 0.3 is 0 Å². The van der Waals surface area contributed by atoms with Gasteiger partial charge in [-0.1, -0.05) is 30.4 Å². The van der Waals surface area contributed by atoms with E-state index in [9.17, 15) is 4.79 Å². The molecule has 5 aromatic rings. The molecule has 7 rings (SSSR count). The summed E-state index contributed by atoms with van der Waals surface area (Å²) in [5.74, 6) is 9.18. The normalized spacial score (nSPS) is 14.2. The number of para-hydroxylation sites is 1. The van der Waals surface area contributed by atoms with E-state index in [1.165, 1.54) is 0 Å². The van der Waals surface area contributed by atoms with E-state index < -0.39 is 5.97 Å². The standard InChI is InChI=1S/C18H15N7O.C8H10N2.C5H8N4.C2H4O2.H4N2.H2O/c19-18-20-9-8-15(23-18)21-12-6-7-14-13(10-12)16(25-24-14)17(26)22-11-4-2-1-3-5-11;9-7-2-1-6-3-4-10-8(6)5-7;1-7-4-2-3-8-5(6)9-4;1-2(3)4;1-2;/h1-10H,(H,22,26)(H,24,25)(H3,19,20,21,23);1-6,8,10H,9H2;2-3H,1H3,(H3,6,7,8,9);1H3,(H,3,4);1-2H2;1H2. The van der Waals surface area contributed by atoms with Crippen LogP contribution in [0.1, 0.15) is 17.4 Å². The third kappa shape index (κ3) is 13.1. The molecule has 0 radical (unpaired) electrons. The number of nitrogens with zero attached hydrogens (tertiary/aromatic N) is 5. The molecule has 19 nitrogen and oxygen atoms in total. The molecule has 0 fully saturated rings. The molecule has 274 valence electrons. The van der Waals surface area contributed by atoms with Crippen molar-refractivity contribution >= 4 is 57.7 Å². The number of aromatic amines is 1. The Labute approximate surface area is 298 Å². The lowest BCUT2D eigenvalue weighted by Crippen LogP contribution is -2.26. The van der Waals surface area contributed by atoms with Crippen molar-refractivity contribution in [3.8, 4) is 0 Å². The number of nitrogen functional groups attached to an aromatic ring is 2. The Bertz CT molecular complexity index is 1960. The van der Waals surface area contributed by atoms with Crippen molar-refractivity contribution in [1.82, 2.24) is 35.5 Å². The lowest BCUT2D eigenvalue weighted by molar-refractivity contribution is -0.134. The number of carbonyl (C=O) groups is 2. The number of hydrogen-bond donors (Lipinski definition) is 11. The minimum absolute atomic E-state index is 0. The molecule has 3 aromatic heterocycles. The average molecular weight is 714 g/mol. The quantitative estimate of drug-likeness (QED) is 0.0910. The average Bonchev–Trinajstić information content (AvgIpc) is 3.77. The van der Waals surface area contributed by atoms with Gasteiger partial charge in [0.1, 0.15) is 11.6 Å². The predicted molar refractivity (Wildman–Crippen MR) is 202 cm³/mol. The first-order valence-electron chi connectivity index (χ1n) is 15.2. The van der Waals surface area contributed by atoms with Crippen LogP contribution in [0.4, 0.5) is 34.9 Å². The van der Waals surface area contributed by atoms with Gasteiger partial charge < -0.3 is 49.1 Å². The fourth-order valence-electron chi connectivity index (χ4n) is 4.42. The maximum atomic E-state index is 12.6. The number of rotatable bonds is 5. The highest BCUT2D eigenvalue weighted by atomic mass is 16.4.